The molecule has 0 atom stereocenters. The van der Waals surface area contributed by atoms with Gasteiger partial charge in [-0.25, -0.2) is 0 Å². The van der Waals surface area contributed by atoms with Crippen LogP contribution in [-0.4, -0.2) is 18.4 Å². The molecule has 6 heteroatoms. The Hall–Kier alpha value is -2.34. The summed E-state index contributed by atoms with van der Waals surface area (Å²) in [5.41, 5.74) is 8.16. The summed E-state index contributed by atoms with van der Waals surface area (Å²) in [6.45, 7) is 1.98. The average Bonchev–Trinajstić information content (AvgIpc) is 3.13. The van der Waals surface area contributed by atoms with Gasteiger partial charge >= 0.3 is 0 Å². The van der Waals surface area contributed by atoms with Crippen molar-refractivity contribution < 1.29 is 14.3 Å². The van der Waals surface area contributed by atoms with E-state index in [9.17, 15) is 9.59 Å². The number of hydrogen-bond acceptors (Lipinski definition) is 4. The van der Waals surface area contributed by atoms with E-state index in [4.69, 9.17) is 10.5 Å². The molecular weight excluding hydrogens is 324 g/mol. The first-order valence-corrected chi connectivity index (χ1v) is 8.86. The third-order valence-corrected chi connectivity index (χ3v) is 5.33. The van der Waals surface area contributed by atoms with Crippen molar-refractivity contribution >= 4 is 28.2 Å². The van der Waals surface area contributed by atoms with Crippen LogP contribution in [0.5, 0.6) is 5.75 Å². The Balaban J connectivity index is 1.64. The van der Waals surface area contributed by atoms with Crippen LogP contribution >= 0.6 is 11.3 Å². The van der Waals surface area contributed by atoms with Gasteiger partial charge in [-0.15, -0.1) is 11.3 Å². The fraction of sp³-hybridized carbons (Fsp3) is 0.333. The van der Waals surface area contributed by atoms with Crippen molar-refractivity contribution in [3.8, 4) is 5.75 Å². The minimum Gasteiger partial charge on any atom is -0.484 e. The number of rotatable bonds is 6. The number of carbonyl (C=O) groups excluding carboxylic acids is 2. The molecule has 1 aliphatic carbocycles. The third-order valence-electron chi connectivity index (χ3n) is 4.12. The molecule has 1 aliphatic rings. The molecule has 0 spiro atoms. The summed E-state index contributed by atoms with van der Waals surface area (Å²) >= 11 is 1.44. The molecule has 0 radical (unpaired) electrons. The van der Waals surface area contributed by atoms with Gasteiger partial charge in [-0.05, 0) is 48.9 Å². The second-order valence-corrected chi connectivity index (χ2v) is 6.87. The van der Waals surface area contributed by atoms with E-state index in [0.29, 0.717) is 16.3 Å². The molecule has 0 bridgehead atoms. The summed E-state index contributed by atoms with van der Waals surface area (Å²) in [6, 6.07) is 7.64. The van der Waals surface area contributed by atoms with Crippen LogP contribution in [0.3, 0.4) is 0 Å². The number of benzene rings is 1. The molecule has 0 fully saturated rings. The summed E-state index contributed by atoms with van der Waals surface area (Å²) < 4.78 is 5.49. The topological polar surface area (TPSA) is 81.4 Å². The fourth-order valence-electron chi connectivity index (χ4n) is 2.89. The molecule has 3 N–H and O–H groups in total. The number of hydrogen-bond donors (Lipinski definition) is 2. The molecule has 5 nitrogen and oxygen atoms in total. The van der Waals surface area contributed by atoms with Gasteiger partial charge in [-0.2, -0.15) is 0 Å². The number of fused-ring (bicyclic) bond motifs is 1. The molecular formula is C18H20N2O3S. The summed E-state index contributed by atoms with van der Waals surface area (Å²) in [7, 11) is 0. The average molecular weight is 344 g/mol. The van der Waals surface area contributed by atoms with Crippen LogP contribution in [0.2, 0.25) is 0 Å². The zero-order chi connectivity index (χ0) is 17.1. The Morgan fingerprint density at radius 1 is 1.25 bits per heavy atom. The first-order chi connectivity index (χ1) is 11.6. The van der Waals surface area contributed by atoms with E-state index in [1.54, 1.807) is 0 Å². The normalized spacial score (nSPS) is 12.7. The van der Waals surface area contributed by atoms with Gasteiger partial charge in [0.1, 0.15) is 10.8 Å². The number of anilines is 1. The van der Waals surface area contributed by atoms with Crippen molar-refractivity contribution in [1.82, 2.24) is 0 Å². The number of amides is 2. The van der Waals surface area contributed by atoms with Gasteiger partial charge in [0.25, 0.3) is 11.8 Å². The predicted octanol–water partition coefficient (Wildman–Crippen LogP) is 2.92. The van der Waals surface area contributed by atoms with Crippen LogP contribution in [0.25, 0.3) is 0 Å². The van der Waals surface area contributed by atoms with Crippen LogP contribution in [0.4, 0.5) is 5.00 Å². The lowest BCUT2D eigenvalue weighted by Crippen LogP contribution is -2.22. The highest BCUT2D eigenvalue weighted by molar-refractivity contribution is 7.17. The van der Waals surface area contributed by atoms with Crippen molar-refractivity contribution in [2.45, 2.75) is 32.6 Å². The monoisotopic (exact) mass is 344 g/mol. The highest BCUT2D eigenvalue weighted by Gasteiger charge is 2.26. The maximum absolute atomic E-state index is 12.1. The van der Waals surface area contributed by atoms with E-state index in [2.05, 4.69) is 12.2 Å². The zero-order valence-electron chi connectivity index (χ0n) is 13.6. The SMILES string of the molecule is CCc1ccc(OCC(=O)Nc2sc3c(c2C(N)=O)CCC3)cc1. The lowest BCUT2D eigenvalue weighted by molar-refractivity contribution is -0.118. The van der Waals surface area contributed by atoms with Crippen molar-refractivity contribution in [2.75, 3.05) is 11.9 Å². The van der Waals surface area contributed by atoms with Crippen molar-refractivity contribution in [1.29, 1.82) is 0 Å². The zero-order valence-corrected chi connectivity index (χ0v) is 14.4. The summed E-state index contributed by atoms with van der Waals surface area (Å²) in [4.78, 5) is 25.0. The van der Waals surface area contributed by atoms with Crippen LogP contribution in [0, 0.1) is 0 Å². The second kappa shape index (κ2) is 7.05. The molecule has 3 rings (SSSR count). The number of nitrogens with two attached hydrogens (primary N) is 1. The number of thiophene rings is 1. The second-order valence-electron chi connectivity index (χ2n) is 5.76. The van der Waals surface area contributed by atoms with Gasteiger partial charge in [-0.1, -0.05) is 19.1 Å². The van der Waals surface area contributed by atoms with Gasteiger partial charge in [-0.3, -0.25) is 9.59 Å². The predicted molar refractivity (Wildman–Crippen MR) is 94.8 cm³/mol. The molecule has 0 unspecified atom stereocenters. The molecule has 1 heterocycles. The maximum atomic E-state index is 12.1. The molecule has 0 saturated carbocycles. The third kappa shape index (κ3) is 3.43. The smallest absolute Gasteiger partial charge is 0.262 e. The number of primary amides is 1. The van der Waals surface area contributed by atoms with Crippen molar-refractivity contribution in [2.24, 2.45) is 5.73 Å². The summed E-state index contributed by atoms with van der Waals surface area (Å²) in [5, 5.41) is 3.31. The molecule has 1 aromatic heterocycles. The Morgan fingerprint density at radius 2 is 2.00 bits per heavy atom. The quantitative estimate of drug-likeness (QED) is 0.845. The van der Waals surface area contributed by atoms with E-state index in [-0.39, 0.29) is 12.5 Å². The number of ether oxygens (including phenoxy) is 1. The van der Waals surface area contributed by atoms with E-state index in [0.717, 1.165) is 36.1 Å². The minimum atomic E-state index is -0.485. The van der Waals surface area contributed by atoms with E-state index in [1.807, 2.05) is 24.3 Å². The molecule has 126 valence electrons. The van der Waals surface area contributed by atoms with Gasteiger partial charge < -0.3 is 15.8 Å². The standard InChI is InChI=1S/C18H20N2O3S/c1-2-11-6-8-12(9-7-11)23-10-15(21)20-18-16(17(19)22)13-4-3-5-14(13)24-18/h6-9H,2-5,10H2,1H3,(H2,19,22)(H,20,21). The van der Waals surface area contributed by atoms with Crippen LogP contribution in [-0.2, 0) is 24.1 Å². The van der Waals surface area contributed by atoms with E-state index in [1.165, 1.54) is 16.9 Å². The van der Waals surface area contributed by atoms with Crippen LogP contribution < -0.4 is 15.8 Å². The van der Waals surface area contributed by atoms with Crippen LogP contribution in [0.1, 0.15) is 39.7 Å². The molecule has 0 saturated heterocycles. The van der Waals surface area contributed by atoms with E-state index >= 15 is 0 Å². The molecule has 2 aromatic rings. The first kappa shape index (κ1) is 16.5. The van der Waals surface area contributed by atoms with Crippen molar-refractivity contribution in [3.63, 3.8) is 0 Å². The van der Waals surface area contributed by atoms with Gasteiger partial charge in [0, 0.05) is 4.88 Å². The Labute approximate surface area is 144 Å². The Bertz CT molecular complexity index is 765. The Kier molecular flexibility index (Phi) is 4.85. The van der Waals surface area contributed by atoms with Gasteiger partial charge in [0.2, 0.25) is 0 Å². The fourth-order valence-corrected chi connectivity index (χ4v) is 4.20. The minimum absolute atomic E-state index is 0.105. The molecule has 1 aromatic carbocycles. The largest absolute Gasteiger partial charge is 0.484 e. The molecule has 24 heavy (non-hydrogen) atoms. The highest BCUT2D eigenvalue weighted by Crippen LogP contribution is 2.38. The lowest BCUT2D eigenvalue weighted by Gasteiger charge is -2.08. The maximum Gasteiger partial charge on any atom is 0.262 e. The number of nitrogens with one attached hydrogen (secondary N) is 1. The van der Waals surface area contributed by atoms with Gasteiger partial charge in [0.05, 0.1) is 5.56 Å². The number of carbonyl (C=O) groups is 2. The van der Waals surface area contributed by atoms with Crippen LogP contribution in [0.15, 0.2) is 24.3 Å². The summed E-state index contributed by atoms with van der Waals surface area (Å²) in [5.74, 6) is -0.135. The summed E-state index contributed by atoms with van der Waals surface area (Å²) in [6.07, 6.45) is 3.78. The number of aryl methyl sites for hydroxylation is 2. The highest BCUT2D eigenvalue weighted by atomic mass is 32.1. The molecule has 2 amide bonds. The Morgan fingerprint density at radius 3 is 2.67 bits per heavy atom. The first-order valence-electron chi connectivity index (χ1n) is 8.04. The molecule has 0 aliphatic heterocycles. The lowest BCUT2D eigenvalue weighted by atomic mass is 10.1. The van der Waals surface area contributed by atoms with Crippen molar-refractivity contribution in [3.05, 3.63) is 45.8 Å². The van der Waals surface area contributed by atoms with Gasteiger partial charge in [0.15, 0.2) is 6.61 Å². The van der Waals surface area contributed by atoms with E-state index < -0.39 is 5.91 Å².